The summed E-state index contributed by atoms with van der Waals surface area (Å²) in [4.78, 5) is 4.29. The molecule has 0 unspecified atom stereocenters. The van der Waals surface area contributed by atoms with Crippen LogP contribution in [-0.4, -0.2) is 40.6 Å². The lowest BCUT2D eigenvalue weighted by molar-refractivity contribution is 0.331. The van der Waals surface area contributed by atoms with Gasteiger partial charge < -0.3 is 24.6 Å². The van der Waals surface area contributed by atoms with Gasteiger partial charge in [0.05, 0.1) is 19.9 Å². The molecule has 25 heavy (non-hydrogen) atoms. The zero-order chi connectivity index (χ0) is 17.5. The van der Waals surface area contributed by atoms with Gasteiger partial charge in [0.1, 0.15) is 23.9 Å². The van der Waals surface area contributed by atoms with Gasteiger partial charge in [0, 0.05) is 6.07 Å². The SMILES string of the molecule is COc1ccc(OCCNc2cnnc(Nc3cc(C)on3)n2)cc1. The Morgan fingerprint density at radius 2 is 1.92 bits per heavy atom. The standard InChI is InChI=1S/C16H18N6O3/c1-11-9-14(22-25-11)19-16-20-15(10-18-21-16)17-7-8-24-13-5-3-12(23-2)4-6-13/h3-6,9-10H,7-8H2,1-2H3,(H2,17,19,20,21,22). The minimum atomic E-state index is 0.328. The van der Waals surface area contributed by atoms with Crippen molar-refractivity contribution in [1.29, 1.82) is 0 Å². The van der Waals surface area contributed by atoms with E-state index in [4.69, 9.17) is 14.0 Å². The Morgan fingerprint density at radius 1 is 1.12 bits per heavy atom. The van der Waals surface area contributed by atoms with Crippen LogP contribution in [0.1, 0.15) is 5.76 Å². The van der Waals surface area contributed by atoms with E-state index in [1.807, 2.05) is 24.3 Å². The van der Waals surface area contributed by atoms with Gasteiger partial charge in [0.2, 0.25) is 5.95 Å². The summed E-state index contributed by atoms with van der Waals surface area (Å²) >= 11 is 0. The number of hydrogen-bond donors (Lipinski definition) is 2. The number of aryl methyl sites for hydroxylation is 1. The van der Waals surface area contributed by atoms with Crippen LogP contribution in [0.3, 0.4) is 0 Å². The zero-order valence-electron chi connectivity index (χ0n) is 13.9. The lowest BCUT2D eigenvalue weighted by Gasteiger charge is -2.09. The van der Waals surface area contributed by atoms with Crippen molar-refractivity contribution < 1.29 is 14.0 Å². The molecule has 0 saturated carbocycles. The molecule has 0 fully saturated rings. The van der Waals surface area contributed by atoms with Crippen molar-refractivity contribution >= 4 is 17.6 Å². The zero-order valence-corrected chi connectivity index (χ0v) is 13.9. The Kier molecular flexibility index (Phi) is 5.25. The normalized spacial score (nSPS) is 10.3. The summed E-state index contributed by atoms with van der Waals surface area (Å²) in [6, 6.07) is 9.15. The molecule has 9 nitrogen and oxygen atoms in total. The molecule has 0 amide bonds. The fraction of sp³-hybridized carbons (Fsp3) is 0.250. The van der Waals surface area contributed by atoms with Crippen LogP contribution in [0.2, 0.25) is 0 Å². The predicted molar refractivity (Wildman–Crippen MR) is 91.3 cm³/mol. The first-order valence-corrected chi connectivity index (χ1v) is 7.64. The summed E-state index contributed by atoms with van der Waals surface area (Å²) in [5.41, 5.74) is 0. The molecule has 2 N–H and O–H groups in total. The number of rotatable bonds is 8. The molecule has 0 bridgehead atoms. The van der Waals surface area contributed by atoms with E-state index >= 15 is 0 Å². The number of methoxy groups -OCH3 is 1. The number of aromatic nitrogens is 4. The van der Waals surface area contributed by atoms with Crippen LogP contribution < -0.4 is 20.1 Å². The van der Waals surface area contributed by atoms with E-state index in [2.05, 4.69) is 31.0 Å². The second-order valence-electron chi connectivity index (χ2n) is 5.06. The first kappa shape index (κ1) is 16.5. The Morgan fingerprint density at radius 3 is 2.64 bits per heavy atom. The van der Waals surface area contributed by atoms with E-state index in [9.17, 15) is 0 Å². The molecule has 0 atom stereocenters. The number of hydrogen-bond acceptors (Lipinski definition) is 9. The maximum Gasteiger partial charge on any atom is 0.250 e. The summed E-state index contributed by atoms with van der Waals surface area (Å²) in [6.45, 7) is 2.84. The van der Waals surface area contributed by atoms with Gasteiger partial charge >= 0.3 is 0 Å². The lowest BCUT2D eigenvalue weighted by atomic mass is 10.3. The van der Waals surface area contributed by atoms with Crippen molar-refractivity contribution in [1.82, 2.24) is 20.3 Å². The van der Waals surface area contributed by atoms with E-state index in [1.54, 1.807) is 20.1 Å². The summed E-state index contributed by atoms with van der Waals surface area (Å²) in [5.74, 6) is 3.69. The second-order valence-corrected chi connectivity index (χ2v) is 5.06. The summed E-state index contributed by atoms with van der Waals surface area (Å²) in [6.07, 6.45) is 1.53. The molecular weight excluding hydrogens is 324 g/mol. The van der Waals surface area contributed by atoms with Crippen LogP contribution in [0.5, 0.6) is 11.5 Å². The Bertz CT molecular complexity index is 806. The molecule has 3 rings (SSSR count). The van der Waals surface area contributed by atoms with Crippen molar-refractivity contribution in [3.8, 4) is 11.5 Å². The van der Waals surface area contributed by atoms with Gasteiger partial charge in [0.25, 0.3) is 0 Å². The highest BCUT2D eigenvalue weighted by atomic mass is 16.5. The number of nitrogens with zero attached hydrogens (tertiary/aromatic N) is 4. The van der Waals surface area contributed by atoms with Gasteiger partial charge in [-0.15, -0.1) is 5.10 Å². The molecule has 1 aromatic carbocycles. The Balaban J connectivity index is 1.47. The van der Waals surface area contributed by atoms with Gasteiger partial charge in [-0.3, -0.25) is 0 Å². The van der Waals surface area contributed by atoms with E-state index < -0.39 is 0 Å². The van der Waals surface area contributed by atoms with Crippen molar-refractivity contribution in [3.63, 3.8) is 0 Å². The third-order valence-corrected chi connectivity index (χ3v) is 3.16. The maximum atomic E-state index is 5.64. The van der Waals surface area contributed by atoms with Crippen LogP contribution >= 0.6 is 0 Å². The van der Waals surface area contributed by atoms with Crippen molar-refractivity contribution in [2.24, 2.45) is 0 Å². The minimum Gasteiger partial charge on any atom is -0.497 e. The van der Waals surface area contributed by atoms with E-state index in [0.717, 1.165) is 11.5 Å². The number of ether oxygens (including phenoxy) is 2. The molecule has 0 aliphatic carbocycles. The van der Waals surface area contributed by atoms with Crippen LogP contribution in [0.25, 0.3) is 0 Å². The minimum absolute atomic E-state index is 0.328. The second kappa shape index (κ2) is 7.95. The van der Waals surface area contributed by atoms with Gasteiger partial charge in [0.15, 0.2) is 11.6 Å². The first-order chi connectivity index (χ1) is 12.2. The maximum absolute atomic E-state index is 5.64. The van der Waals surface area contributed by atoms with E-state index in [-0.39, 0.29) is 0 Å². The number of benzene rings is 1. The fourth-order valence-electron chi connectivity index (χ4n) is 2.00. The third kappa shape index (κ3) is 4.80. The van der Waals surface area contributed by atoms with Crippen molar-refractivity contribution in [3.05, 3.63) is 42.3 Å². The highest BCUT2D eigenvalue weighted by molar-refractivity contribution is 5.48. The highest BCUT2D eigenvalue weighted by Crippen LogP contribution is 2.17. The number of nitrogens with one attached hydrogen (secondary N) is 2. The largest absolute Gasteiger partial charge is 0.497 e. The smallest absolute Gasteiger partial charge is 0.250 e. The van der Waals surface area contributed by atoms with Crippen molar-refractivity contribution in [2.45, 2.75) is 6.92 Å². The third-order valence-electron chi connectivity index (χ3n) is 3.16. The summed E-state index contributed by atoms with van der Waals surface area (Å²) < 4.78 is 15.7. The van der Waals surface area contributed by atoms with Gasteiger partial charge in [-0.25, -0.2) is 0 Å². The van der Waals surface area contributed by atoms with Gasteiger partial charge in [-0.05, 0) is 31.2 Å². The van der Waals surface area contributed by atoms with Crippen LogP contribution in [0, 0.1) is 6.92 Å². The molecule has 2 aromatic heterocycles. The van der Waals surface area contributed by atoms with E-state index in [1.165, 1.54) is 6.20 Å². The quantitative estimate of drug-likeness (QED) is 0.597. The molecule has 0 aliphatic rings. The summed E-state index contributed by atoms with van der Waals surface area (Å²) in [5, 5.41) is 17.7. The highest BCUT2D eigenvalue weighted by Gasteiger charge is 2.04. The number of anilines is 3. The monoisotopic (exact) mass is 342 g/mol. The molecule has 130 valence electrons. The molecule has 9 heteroatoms. The molecule has 0 spiro atoms. The first-order valence-electron chi connectivity index (χ1n) is 7.64. The molecule has 0 saturated heterocycles. The van der Waals surface area contributed by atoms with Gasteiger partial charge in [-0.1, -0.05) is 5.16 Å². The molecule has 2 heterocycles. The average molecular weight is 342 g/mol. The molecule has 0 aliphatic heterocycles. The van der Waals surface area contributed by atoms with Crippen LogP contribution in [0.4, 0.5) is 17.6 Å². The molecule has 3 aromatic rings. The van der Waals surface area contributed by atoms with Crippen LogP contribution in [0.15, 0.2) is 41.1 Å². The fourth-order valence-corrected chi connectivity index (χ4v) is 2.00. The van der Waals surface area contributed by atoms with Gasteiger partial charge in [-0.2, -0.15) is 10.1 Å². The molecule has 0 radical (unpaired) electrons. The summed E-state index contributed by atoms with van der Waals surface area (Å²) in [7, 11) is 1.63. The topological polar surface area (TPSA) is 107 Å². The lowest BCUT2D eigenvalue weighted by Crippen LogP contribution is -2.13. The average Bonchev–Trinajstić information content (AvgIpc) is 3.04. The Hall–Kier alpha value is -3.36. The Labute approximate surface area is 144 Å². The molecular formula is C16H18N6O3. The van der Waals surface area contributed by atoms with Crippen molar-refractivity contribution in [2.75, 3.05) is 30.9 Å². The van der Waals surface area contributed by atoms with E-state index in [0.29, 0.717) is 36.5 Å². The van der Waals surface area contributed by atoms with Crippen LogP contribution in [-0.2, 0) is 0 Å². The predicted octanol–water partition coefficient (Wildman–Crippen LogP) is 2.41.